The molecule has 6 aromatic heterocycles. The Labute approximate surface area is 457 Å². The lowest BCUT2D eigenvalue weighted by molar-refractivity contribution is -0.0661. The Kier molecular flexibility index (Phi) is 13.9. The minimum Gasteiger partial charge on any atom is -0.399 e. The van der Waals surface area contributed by atoms with Crippen LogP contribution in [0.3, 0.4) is 0 Å². The molecule has 2 amide bonds. The standard InChI is InChI=1S/C35H41N9O3.C24H32BN3O3/c1-3-26-27(10-11-36-33(26)44-17-16-43-29-7-5-4-6-23(29)18-30(43)34(44)45)28-20-40(2)35(46)32(39-28)38-24-8-9-31(37-19-24)42-14-12-41(13-15-42)25-21-47-22-25;1-6-17-18(25-30-23(2,3)24(4,5)31-25)11-12-26-21(17)28-14-13-27-19-10-8-7-9-16(19)15-20(27)22(28)29/h8-11,18-20,25H,3-7,12-17,21-22H2,1-2H3,(H,38,39);11-12,15H,6-10,13-14H2,1-5H3. The molecule has 11 heterocycles. The van der Waals surface area contributed by atoms with Crippen molar-refractivity contribution in [3.63, 3.8) is 0 Å². The lowest BCUT2D eigenvalue weighted by Gasteiger charge is -2.42. The molecule has 78 heavy (non-hydrogen) atoms. The zero-order valence-corrected chi connectivity index (χ0v) is 46.4. The second-order valence-electron chi connectivity index (χ2n) is 22.9. The molecule has 7 aliphatic rings. The first-order chi connectivity index (χ1) is 37.7. The lowest BCUT2D eigenvalue weighted by Crippen LogP contribution is -2.56. The van der Waals surface area contributed by atoms with Crippen molar-refractivity contribution in [3.8, 4) is 11.3 Å². The number of aryl methyl sites for hydroxylation is 3. The van der Waals surface area contributed by atoms with Gasteiger partial charge in [0.15, 0.2) is 5.82 Å². The second kappa shape index (κ2) is 20.9. The highest BCUT2D eigenvalue weighted by atomic mass is 16.7. The first-order valence-corrected chi connectivity index (χ1v) is 28.5. The molecule has 0 bridgehead atoms. The molecular weight excluding hydrogens is 984 g/mol. The van der Waals surface area contributed by atoms with Crippen LogP contribution >= 0.6 is 0 Å². The fraction of sp³-hybridized carbons (Fsp3) is 0.508. The predicted molar refractivity (Wildman–Crippen MR) is 303 cm³/mol. The van der Waals surface area contributed by atoms with Gasteiger partial charge in [-0.15, -0.1) is 0 Å². The smallest absolute Gasteiger partial charge is 0.399 e. The summed E-state index contributed by atoms with van der Waals surface area (Å²) in [6.45, 7) is 20.7. The maximum absolute atomic E-state index is 13.9. The minimum atomic E-state index is -0.460. The number of hydrogen-bond donors (Lipinski definition) is 1. The van der Waals surface area contributed by atoms with Gasteiger partial charge >= 0.3 is 7.12 Å². The average Bonchev–Trinajstić information content (AvgIpc) is 4.16. The molecule has 3 saturated heterocycles. The summed E-state index contributed by atoms with van der Waals surface area (Å²) in [6.07, 6.45) is 17.5. The van der Waals surface area contributed by atoms with Gasteiger partial charge in [0.1, 0.15) is 28.8 Å². The molecule has 408 valence electrons. The highest BCUT2D eigenvalue weighted by Crippen LogP contribution is 2.39. The molecule has 2 aliphatic carbocycles. The Morgan fingerprint density at radius 2 is 1.26 bits per heavy atom. The molecule has 0 radical (unpaired) electrons. The molecule has 19 heteroatoms. The van der Waals surface area contributed by atoms with Gasteiger partial charge in [0.2, 0.25) is 0 Å². The van der Waals surface area contributed by atoms with Crippen LogP contribution in [0.15, 0.2) is 66.0 Å². The van der Waals surface area contributed by atoms with E-state index in [1.165, 1.54) is 48.2 Å². The van der Waals surface area contributed by atoms with Gasteiger partial charge < -0.3 is 38.0 Å². The minimum absolute atomic E-state index is 0.00781. The molecule has 5 aliphatic heterocycles. The van der Waals surface area contributed by atoms with E-state index in [0.29, 0.717) is 42.8 Å². The zero-order valence-electron chi connectivity index (χ0n) is 46.4. The number of aromatic nitrogens is 7. The van der Waals surface area contributed by atoms with Gasteiger partial charge in [-0.25, -0.2) is 19.9 Å². The molecule has 0 spiro atoms. The van der Waals surface area contributed by atoms with E-state index < -0.39 is 18.3 Å². The number of ether oxygens (including phenoxy) is 1. The number of carbonyl (C=O) groups is 2. The van der Waals surface area contributed by atoms with E-state index in [9.17, 15) is 14.4 Å². The number of amides is 2. The maximum atomic E-state index is 13.9. The molecule has 0 saturated carbocycles. The van der Waals surface area contributed by atoms with Gasteiger partial charge in [0.05, 0.1) is 48.0 Å². The molecule has 0 unspecified atom stereocenters. The lowest BCUT2D eigenvalue weighted by atomic mass is 9.75. The number of nitrogens with one attached hydrogen (secondary N) is 1. The van der Waals surface area contributed by atoms with Crippen molar-refractivity contribution in [1.82, 2.24) is 38.5 Å². The van der Waals surface area contributed by atoms with Crippen molar-refractivity contribution in [2.75, 3.05) is 72.5 Å². The summed E-state index contributed by atoms with van der Waals surface area (Å²) < 4.78 is 24.0. The van der Waals surface area contributed by atoms with Crippen LogP contribution in [0.5, 0.6) is 0 Å². The molecule has 18 nitrogen and oxygen atoms in total. The number of rotatable bonds is 10. The van der Waals surface area contributed by atoms with E-state index in [2.05, 4.69) is 82.9 Å². The van der Waals surface area contributed by atoms with Crippen LogP contribution in [0.25, 0.3) is 11.3 Å². The van der Waals surface area contributed by atoms with Crippen LogP contribution < -0.4 is 31.0 Å². The van der Waals surface area contributed by atoms with Crippen molar-refractivity contribution in [3.05, 3.63) is 117 Å². The topological polar surface area (TPSA) is 170 Å². The number of anilines is 5. The molecule has 1 N–H and O–H groups in total. The van der Waals surface area contributed by atoms with Crippen LogP contribution in [-0.4, -0.2) is 127 Å². The van der Waals surface area contributed by atoms with E-state index in [4.69, 9.17) is 29.0 Å². The van der Waals surface area contributed by atoms with Crippen molar-refractivity contribution < 1.29 is 23.6 Å². The summed E-state index contributed by atoms with van der Waals surface area (Å²) in [5.41, 5.74) is 11.0. The summed E-state index contributed by atoms with van der Waals surface area (Å²) in [5.74, 6) is 2.58. The molecular formula is C59H73BN12O6. The Hall–Kier alpha value is -6.67. The summed E-state index contributed by atoms with van der Waals surface area (Å²) in [5, 5.41) is 3.22. The van der Waals surface area contributed by atoms with Gasteiger partial charge in [-0.1, -0.05) is 13.8 Å². The fourth-order valence-electron chi connectivity index (χ4n) is 12.6. The quantitative estimate of drug-likeness (QED) is 0.144. The first-order valence-electron chi connectivity index (χ1n) is 28.5. The van der Waals surface area contributed by atoms with Crippen LogP contribution in [0.2, 0.25) is 0 Å². The third-order valence-electron chi connectivity index (χ3n) is 17.8. The number of pyridine rings is 3. The van der Waals surface area contributed by atoms with E-state index in [0.717, 1.165) is 130 Å². The van der Waals surface area contributed by atoms with Crippen LogP contribution in [0.1, 0.15) is 122 Å². The summed E-state index contributed by atoms with van der Waals surface area (Å²) in [7, 11) is 1.27. The second-order valence-corrected chi connectivity index (χ2v) is 22.9. The van der Waals surface area contributed by atoms with Gasteiger partial charge in [0.25, 0.3) is 17.4 Å². The number of nitrogens with zero attached hydrogens (tertiary/aromatic N) is 11. The highest BCUT2D eigenvalue weighted by molar-refractivity contribution is 6.62. The molecule has 6 aromatic rings. The highest BCUT2D eigenvalue weighted by Gasteiger charge is 2.52. The summed E-state index contributed by atoms with van der Waals surface area (Å²) in [4.78, 5) is 68.0. The van der Waals surface area contributed by atoms with Crippen molar-refractivity contribution in [2.24, 2.45) is 7.05 Å². The van der Waals surface area contributed by atoms with E-state index in [1.807, 2.05) is 34.1 Å². The van der Waals surface area contributed by atoms with Gasteiger partial charge in [-0.05, 0) is 150 Å². The van der Waals surface area contributed by atoms with E-state index >= 15 is 0 Å². The number of carbonyl (C=O) groups excluding carboxylic acids is 2. The molecule has 0 aromatic carbocycles. The number of piperazine rings is 1. The van der Waals surface area contributed by atoms with Crippen molar-refractivity contribution in [2.45, 2.75) is 136 Å². The zero-order chi connectivity index (χ0) is 54.0. The molecule has 0 atom stereocenters. The third kappa shape index (κ3) is 9.33. The first kappa shape index (κ1) is 52.1. The summed E-state index contributed by atoms with van der Waals surface area (Å²) in [6, 6.07) is 12.6. The normalized spacial score (nSPS) is 19.9. The largest absolute Gasteiger partial charge is 0.495 e. The Morgan fingerprint density at radius 3 is 1.81 bits per heavy atom. The Balaban J connectivity index is 0.000000170. The molecule has 3 fully saturated rings. The van der Waals surface area contributed by atoms with Crippen LogP contribution in [-0.2, 0) is 72.7 Å². The Bertz CT molecular complexity index is 3320. The maximum Gasteiger partial charge on any atom is 0.495 e. The average molecular weight is 1060 g/mol. The van der Waals surface area contributed by atoms with Gasteiger partial charge in [0, 0.05) is 101 Å². The van der Waals surface area contributed by atoms with E-state index in [-0.39, 0.29) is 23.2 Å². The van der Waals surface area contributed by atoms with Gasteiger partial charge in [-0.2, -0.15) is 0 Å². The monoisotopic (exact) mass is 1060 g/mol. The van der Waals surface area contributed by atoms with Crippen molar-refractivity contribution >= 4 is 53.4 Å². The fourth-order valence-corrected chi connectivity index (χ4v) is 12.6. The van der Waals surface area contributed by atoms with Crippen molar-refractivity contribution in [1.29, 1.82) is 0 Å². The van der Waals surface area contributed by atoms with Crippen LogP contribution in [0, 0.1) is 0 Å². The molecule has 13 rings (SSSR count). The Morgan fingerprint density at radius 1 is 0.679 bits per heavy atom. The summed E-state index contributed by atoms with van der Waals surface area (Å²) >= 11 is 0. The number of fused-ring (bicyclic) bond motifs is 6. The third-order valence-corrected chi connectivity index (χ3v) is 17.8. The van der Waals surface area contributed by atoms with Gasteiger partial charge in [-0.3, -0.25) is 29.1 Å². The number of hydrogen-bond acceptors (Lipinski definition) is 13. The van der Waals surface area contributed by atoms with Crippen LogP contribution in [0.4, 0.5) is 29.0 Å². The predicted octanol–water partition coefficient (Wildman–Crippen LogP) is 6.69. The van der Waals surface area contributed by atoms with E-state index in [1.54, 1.807) is 36.4 Å². The SMILES string of the molecule is CCc1c(-c2cn(C)c(=O)c(Nc3ccc(N4CCN(C5COC5)CC4)nc3)n2)ccnc1N1CCn2c(cc3c2CCCC3)C1=O.CCc1c(B2OC(C)(C)C(C)(C)O2)ccnc1N1CCn2c(cc3c2CCCC3)C1=O.